The Morgan fingerprint density at radius 2 is 2.18 bits per heavy atom. The third-order valence-corrected chi connectivity index (χ3v) is 4.90. The molecule has 1 unspecified atom stereocenters. The van der Waals surface area contributed by atoms with Gasteiger partial charge in [0.25, 0.3) is 0 Å². The van der Waals surface area contributed by atoms with Crippen molar-refractivity contribution in [1.29, 1.82) is 0 Å². The lowest BCUT2D eigenvalue weighted by molar-refractivity contribution is 0.283. The fourth-order valence-electron chi connectivity index (χ4n) is 2.38. The monoisotopic (exact) mass is 253 g/mol. The van der Waals surface area contributed by atoms with Crippen LogP contribution in [0.25, 0.3) is 0 Å². The molecule has 2 rings (SSSR count). The molecule has 2 N–H and O–H groups in total. The van der Waals surface area contributed by atoms with E-state index in [0.29, 0.717) is 12.6 Å². The molecule has 1 heterocycles. The summed E-state index contributed by atoms with van der Waals surface area (Å²) in [5, 5.41) is 12.3. The van der Waals surface area contributed by atoms with Gasteiger partial charge in [-0.25, -0.2) is 0 Å². The first-order valence-corrected chi connectivity index (χ1v) is 7.58. The molecule has 0 aromatic carbocycles. The predicted octanol–water partition coefficient (Wildman–Crippen LogP) is 3.05. The second-order valence-corrected chi connectivity index (χ2v) is 6.08. The quantitative estimate of drug-likeness (QED) is 0.764. The van der Waals surface area contributed by atoms with E-state index in [4.69, 9.17) is 5.11 Å². The summed E-state index contributed by atoms with van der Waals surface area (Å²) >= 11 is 2.00. The Morgan fingerprint density at radius 3 is 2.94 bits per heavy atom. The lowest BCUT2D eigenvalue weighted by Crippen LogP contribution is -2.19. The van der Waals surface area contributed by atoms with E-state index in [1.807, 2.05) is 11.3 Å². The first kappa shape index (κ1) is 13.1. The molecule has 3 heteroatoms. The standard InChI is InChI=1S/C14H23NOS/c1-11(15-8-4-5-9-16)14-10-12-6-2-3-7-13(12)17-14/h10-11,15-16H,2-9H2,1H3. The number of aliphatic hydroxyl groups excluding tert-OH is 1. The van der Waals surface area contributed by atoms with E-state index in [1.165, 1.54) is 30.6 Å². The minimum atomic E-state index is 0.309. The minimum Gasteiger partial charge on any atom is -0.396 e. The minimum absolute atomic E-state index is 0.309. The second-order valence-electron chi connectivity index (χ2n) is 4.91. The topological polar surface area (TPSA) is 32.3 Å². The van der Waals surface area contributed by atoms with Crippen LogP contribution in [-0.2, 0) is 12.8 Å². The van der Waals surface area contributed by atoms with Gasteiger partial charge in [-0.2, -0.15) is 0 Å². The van der Waals surface area contributed by atoms with Crippen LogP contribution in [0.5, 0.6) is 0 Å². The summed E-state index contributed by atoms with van der Waals surface area (Å²) in [6.07, 6.45) is 7.26. The van der Waals surface area contributed by atoms with Gasteiger partial charge in [0.05, 0.1) is 0 Å². The van der Waals surface area contributed by atoms with Crippen LogP contribution in [0.3, 0.4) is 0 Å². The first-order chi connectivity index (χ1) is 8.31. The van der Waals surface area contributed by atoms with Crippen molar-refractivity contribution >= 4 is 11.3 Å². The summed E-state index contributed by atoms with van der Waals surface area (Å²) in [7, 11) is 0. The van der Waals surface area contributed by atoms with Crippen molar-refractivity contribution < 1.29 is 5.11 Å². The Balaban J connectivity index is 1.86. The number of nitrogens with one attached hydrogen (secondary N) is 1. The summed E-state index contributed by atoms with van der Waals surface area (Å²) in [5.74, 6) is 0. The van der Waals surface area contributed by atoms with E-state index < -0.39 is 0 Å². The zero-order valence-corrected chi connectivity index (χ0v) is 11.5. The van der Waals surface area contributed by atoms with Gasteiger partial charge in [-0.15, -0.1) is 11.3 Å². The molecule has 0 spiro atoms. The van der Waals surface area contributed by atoms with Crippen molar-refractivity contribution in [3.05, 3.63) is 21.4 Å². The van der Waals surface area contributed by atoms with Crippen LogP contribution in [0.4, 0.5) is 0 Å². The molecule has 1 aliphatic carbocycles. The van der Waals surface area contributed by atoms with Crippen molar-refractivity contribution in [2.75, 3.05) is 13.2 Å². The van der Waals surface area contributed by atoms with Crippen LogP contribution in [0.15, 0.2) is 6.07 Å². The molecule has 1 aromatic rings. The van der Waals surface area contributed by atoms with E-state index >= 15 is 0 Å². The van der Waals surface area contributed by atoms with Gasteiger partial charge in [-0.05, 0) is 63.6 Å². The highest BCUT2D eigenvalue weighted by atomic mass is 32.1. The second kappa shape index (κ2) is 6.53. The molecular weight excluding hydrogens is 230 g/mol. The molecule has 0 saturated heterocycles. The average molecular weight is 253 g/mol. The molecule has 1 atom stereocenters. The fraction of sp³-hybridized carbons (Fsp3) is 0.714. The average Bonchev–Trinajstić information content (AvgIpc) is 2.78. The molecule has 2 nitrogen and oxygen atoms in total. The molecule has 0 saturated carbocycles. The molecule has 17 heavy (non-hydrogen) atoms. The largest absolute Gasteiger partial charge is 0.396 e. The molecule has 1 aliphatic rings. The number of thiophene rings is 1. The molecule has 1 aromatic heterocycles. The van der Waals surface area contributed by atoms with Gasteiger partial charge in [0.15, 0.2) is 0 Å². The van der Waals surface area contributed by atoms with E-state index in [-0.39, 0.29) is 0 Å². The van der Waals surface area contributed by atoms with Gasteiger partial charge in [0, 0.05) is 22.4 Å². The van der Waals surface area contributed by atoms with Gasteiger partial charge in [0.1, 0.15) is 0 Å². The van der Waals surface area contributed by atoms with Crippen molar-refractivity contribution in [2.24, 2.45) is 0 Å². The maximum atomic E-state index is 8.73. The SMILES string of the molecule is CC(NCCCCO)c1cc2c(s1)CCCC2. The summed E-state index contributed by atoms with van der Waals surface area (Å²) in [5.41, 5.74) is 1.60. The van der Waals surface area contributed by atoms with Gasteiger partial charge >= 0.3 is 0 Å². The highest BCUT2D eigenvalue weighted by Gasteiger charge is 2.15. The number of hydrogen-bond donors (Lipinski definition) is 2. The molecule has 0 amide bonds. The number of fused-ring (bicyclic) bond motifs is 1. The maximum absolute atomic E-state index is 8.73. The van der Waals surface area contributed by atoms with Crippen molar-refractivity contribution in [2.45, 2.75) is 51.5 Å². The Morgan fingerprint density at radius 1 is 1.35 bits per heavy atom. The Bertz CT molecular complexity index is 324. The van der Waals surface area contributed by atoms with Gasteiger partial charge < -0.3 is 10.4 Å². The number of aliphatic hydroxyl groups is 1. The summed E-state index contributed by atoms with van der Waals surface area (Å²) in [4.78, 5) is 3.11. The molecule has 96 valence electrons. The van der Waals surface area contributed by atoms with Crippen molar-refractivity contribution in [3.63, 3.8) is 0 Å². The maximum Gasteiger partial charge on any atom is 0.0431 e. The van der Waals surface area contributed by atoms with Crippen LogP contribution >= 0.6 is 11.3 Å². The fourth-order valence-corrected chi connectivity index (χ4v) is 3.67. The molecule has 0 aliphatic heterocycles. The third kappa shape index (κ3) is 3.54. The number of hydrogen-bond acceptors (Lipinski definition) is 3. The highest BCUT2D eigenvalue weighted by Crippen LogP contribution is 2.32. The number of unbranched alkanes of at least 4 members (excludes halogenated alkanes) is 1. The van der Waals surface area contributed by atoms with Gasteiger partial charge in [0.2, 0.25) is 0 Å². The summed E-state index contributed by atoms with van der Waals surface area (Å²) in [6, 6.07) is 2.87. The number of rotatable bonds is 6. The highest BCUT2D eigenvalue weighted by molar-refractivity contribution is 7.12. The first-order valence-electron chi connectivity index (χ1n) is 6.77. The number of aryl methyl sites for hydroxylation is 2. The molecule has 0 radical (unpaired) electrons. The van der Waals surface area contributed by atoms with Crippen LogP contribution in [-0.4, -0.2) is 18.3 Å². The molecule has 0 fully saturated rings. The smallest absolute Gasteiger partial charge is 0.0431 e. The molecule has 0 bridgehead atoms. The zero-order valence-electron chi connectivity index (χ0n) is 10.7. The third-order valence-electron chi connectivity index (χ3n) is 3.48. The van der Waals surface area contributed by atoms with E-state index in [1.54, 1.807) is 10.4 Å². The van der Waals surface area contributed by atoms with Crippen LogP contribution in [0.2, 0.25) is 0 Å². The summed E-state index contributed by atoms with van der Waals surface area (Å²) in [6.45, 7) is 3.56. The predicted molar refractivity (Wildman–Crippen MR) is 73.7 cm³/mol. The van der Waals surface area contributed by atoms with Gasteiger partial charge in [-0.3, -0.25) is 0 Å². The summed E-state index contributed by atoms with van der Waals surface area (Å²) < 4.78 is 0. The lowest BCUT2D eigenvalue weighted by Gasteiger charge is -2.11. The van der Waals surface area contributed by atoms with Crippen LogP contribution < -0.4 is 5.32 Å². The van der Waals surface area contributed by atoms with Crippen LogP contribution in [0.1, 0.15) is 54.0 Å². The Kier molecular flexibility index (Phi) is 5.01. The van der Waals surface area contributed by atoms with Crippen molar-refractivity contribution in [3.8, 4) is 0 Å². The Hall–Kier alpha value is -0.380. The van der Waals surface area contributed by atoms with E-state index in [0.717, 1.165) is 19.4 Å². The van der Waals surface area contributed by atoms with E-state index in [9.17, 15) is 0 Å². The van der Waals surface area contributed by atoms with Crippen molar-refractivity contribution in [1.82, 2.24) is 5.32 Å². The van der Waals surface area contributed by atoms with E-state index in [2.05, 4.69) is 18.3 Å². The van der Waals surface area contributed by atoms with Gasteiger partial charge in [-0.1, -0.05) is 0 Å². The zero-order chi connectivity index (χ0) is 12.1. The van der Waals surface area contributed by atoms with Crippen LogP contribution in [0, 0.1) is 0 Å². The lowest BCUT2D eigenvalue weighted by atomic mass is 9.99. The molecular formula is C14H23NOS. The normalized spacial score (nSPS) is 16.8. The Labute approximate surface area is 108 Å².